The first-order valence-electron chi connectivity index (χ1n) is 6.41. The molecule has 3 rings (SSSR count). The number of rotatable bonds is 3. The molecule has 0 unspecified atom stereocenters. The Morgan fingerprint density at radius 1 is 1.10 bits per heavy atom. The summed E-state index contributed by atoms with van der Waals surface area (Å²) in [6, 6.07) is 4.31. The van der Waals surface area contributed by atoms with Gasteiger partial charge in [0.15, 0.2) is 5.13 Å². The first-order chi connectivity index (χ1) is 9.54. The second-order valence-electron chi connectivity index (χ2n) is 4.92. The van der Waals surface area contributed by atoms with Gasteiger partial charge in [0.2, 0.25) is 0 Å². The minimum Gasteiger partial charge on any atom is -0.344 e. The van der Waals surface area contributed by atoms with Crippen molar-refractivity contribution in [2.24, 2.45) is 0 Å². The van der Waals surface area contributed by atoms with Crippen LogP contribution in [-0.4, -0.2) is 22.2 Å². The fourth-order valence-corrected chi connectivity index (χ4v) is 3.80. The lowest BCUT2D eigenvalue weighted by atomic mass is 10.1. The molecule has 4 nitrogen and oxygen atoms in total. The van der Waals surface area contributed by atoms with Crippen molar-refractivity contribution in [2.45, 2.75) is 27.3 Å². The normalized spacial score (nSPS) is 11.2. The Balaban J connectivity index is 1.91. The average Bonchev–Trinajstić information content (AvgIpc) is 3.01. The molecular formula is C14H16N4S2. The van der Waals surface area contributed by atoms with Crippen LogP contribution in [0.2, 0.25) is 0 Å². The second kappa shape index (κ2) is 5.10. The van der Waals surface area contributed by atoms with Gasteiger partial charge >= 0.3 is 0 Å². The van der Waals surface area contributed by atoms with Crippen molar-refractivity contribution in [3.8, 4) is 0 Å². The van der Waals surface area contributed by atoms with Crippen LogP contribution in [-0.2, 0) is 6.54 Å². The van der Waals surface area contributed by atoms with Crippen LogP contribution in [0.15, 0.2) is 12.1 Å². The first-order valence-corrected chi connectivity index (χ1v) is 8.05. The van der Waals surface area contributed by atoms with E-state index in [-0.39, 0.29) is 0 Å². The highest BCUT2D eigenvalue weighted by atomic mass is 32.1. The van der Waals surface area contributed by atoms with Crippen molar-refractivity contribution in [3.05, 3.63) is 33.3 Å². The number of nitrogens with zero attached hydrogens (tertiary/aromatic N) is 4. The van der Waals surface area contributed by atoms with E-state index in [1.807, 2.05) is 6.92 Å². The number of fused-ring (bicyclic) bond motifs is 1. The van der Waals surface area contributed by atoms with Gasteiger partial charge in [-0.2, -0.15) is 0 Å². The first kappa shape index (κ1) is 13.5. The lowest BCUT2D eigenvalue weighted by Crippen LogP contribution is -2.15. The fraction of sp³-hybridized carbons (Fsp3) is 0.357. The molecule has 2 heterocycles. The quantitative estimate of drug-likeness (QED) is 0.740. The molecule has 0 saturated heterocycles. The van der Waals surface area contributed by atoms with Gasteiger partial charge in [0, 0.05) is 7.05 Å². The zero-order valence-electron chi connectivity index (χ0n) is 12.0. The van der Waals surface area contributed by atoms with Crippen molar-refractivity contribution in [1.29, 1.82) is 0 Å². The Bertz CT molecular complexity index is 760. The number of hydrogen-bond donors (Lipinski definition) is 0. The molecule has 0 bridgehead atoms. The number of benzene rings is 1. The molecule has 0 fully saturated rings. The Morgan fingerprint density at radius 2 is 1.90 bits per heavy atom. The summed E-state index contributed by atoms with van der Waals surface area (Å²) in [5, 5.41) is 11.3. The van der Waals surface area contributed by atoms with E-state index >= 15 is 0 Å². The maximum atomic E-state index is 4.78. The predicted octanol–water partition coefficient (Wildman–Crippen LogP) is 3.71. The van der Waals surface area contributed by atoms with Crippen LogP contribution in [0.4, 0.5) is 5.13 Å². The van der Waals surface area contributed by atoms with Crippen LogP contribution < -0.4 is 4.90 Å². The Labute approximate surface area is 126 Å². The summed E-state index contributed by atoms with van der Waals surface area (Å²) in [5.41, 5.74) is 3.67. The standard InChI is InChI=1S/C14H16N4S2/c1-8-5-6-11-13(9(8)2)15-14(20-11)18(4)7-12-17-16-10(3)19-12/h5-6H,7H2,1-4H3. The molecule has 0 N–H and O–H groups in total. The van der Waals surface area contributed by atoms with E-state index in [1.54, 1.807) is 22.7 Å². The molecule has 20 heavy (non-hydrogen) atoms. The van der Waals surface area contributed by atoms with Crippen molar-refractivity contribution in [2.75, 3.05) is 11.9 Å². The molecule has 0 saturated carbocycles. The Morgan fingerprint density at radius 3 is 2.60 bits per heavy atom. The molecule has 6 heteroatoms. The van der Waals surface area contributed by atoms with Gasteiger partial charge in [-0.25, -0.2) is 4.98 Å². The smallest absolute Gasteiger partial charge is 0.186 e. The average molecular weight is 304 g/mol. The lowest BCUT2D eigenvalue weighted by molar-refractivity contribution is 0.872. The SMILES string of the molecule is Cc1nnc(CN(C)c2nc3c(C)c(C)ccc3s2)s1. The van der Waals surface area contributed by atoms with Gasteiger partial charge in [0.05, 0.1) is 16.8 Å². The second-order valence-corrected chi connectivity index (χ2v) is 7.20. The molecule has 0 aliphatic rings. The highest BCUT2D eigenvalue weighted by molar-refractivity contribution is 7.22. The van der Waals surface area contributed by atoms with E-state index in [9.17, 15) is 0 Å². The van der Waals surface area contributed by atoms with Crippen LogP contribution in [0.25, 0.3) is 10.2 Å². The Hall–Kier alpha value is -1.53. The van der Waals surface area contributed by atoms with Crippen molar-refractivity contribution in [3.63, 3.8) is 0 Å². The summed E-state index contributed by atoms with van der Waals surface area (Å²) in [6.07, 6.45) is 0. The lowest BCUT2D eigenvalue weighted by Gasteiger charge is -2.12. The number of anilines is 1. The topological polar surface area (TPSA) is 41.9 Å². The van der Waals surface area contributed by atoms with E-state index in [2.05, 4.69) is 48.1 Å². The van der Waals surface area contributed by atoms with E-state index in [4.69, 9.17) is 4.98 Å². The van der Waals surface area contributed by atoms with Crippen molar-refractivity contribution >= 4 is 38.0 Å². The zero-order chi connectivity index (χ0) is 14.3. The molecule has 0 aliphatic carbocycles. The molecule has 0 atom stereocenters. The van der Waals surface area contributed by atoms with E-state index < -0.39 is 0 Å². The third-order valence-corrected chi connectivity index (χ3v) is 5.30. The van der Waals surface area contributed by atoms with Gasteiger partial charge in [0.25, 0.3) is 0 Å². The van der Waals surface area contributed by atoms with Crippen LogP contribution in [0, 0.1) is 20.8 Å². The zero-order valence-corrected chi connectivity index (χ0v) is 13.6. The minimum absolute atomic E-state index is 0.753. The van der Waals surface area contributed by atoms with Crippen molar-refractivity contribution in [1.82, 2.24) is 15.2 Å². The minimum atomic E-state index is 0.753. The molecular weight excluding hydrogens is 288 g/mol. The van der Waals surface area contributed by atoms with Gasteiger partial charge in [-0.1, -0.05) is 28.7 Å². The molecule has 0 radical (unpaired) electrons. The van der Waals surface area contributed by atoms with E-state index in [0.29, 0.717) is 0 Å². The summed E-state index contributed by atoms with van der Waals surface area (Å²) < 4.78 is 1.24. The van der Waals surface area contributed by atoms with Gasteiger partial charge in [-0.05, 0) is 38.0 Å². The van der Waals surface area contributed by atoms with Crippen LogP contribution in [0.5, 0.6) is 0 Å². The monoisotopic (exact) mass is 304 g/mol. The summed E-state index contributed by atoms with van der Waals surface area (Å²) in [5.74, 6) is 0. The molecule has 2 aromatic heterocycles. The molecule has 104 valence electrons. The molecule has 0 spiro atoms. The van der Waals surface area contributed by atoms with Gasteiger partial charge in [-0.15, -0.1) is 10.2 Å². The molecule has 3 aromatic rings. The van der Waals surface area contributed by atoms with Gasteiger partial charge in [0.1, 0.15) is 10.0 Å². The molecule has 0 amide bonds. The largest absolute Gasteiger partial charge is 0.344 e. The van der Waals surface area contributed by atoms with E-state index in [1.165, 1.54) is 15.8 Å². The maximum Gasteiger partial charge on any atom is 0.186 e. The number of aromatic nitrogens is 3. The Kier molecular flexibility index (Phi) is 3.43. The maximum absolute atomic E-state index is 4.78. The van der Waals surface area contributed by atoms with Gasteiger partial charge < -0.3 is 4.90 Å². The number of aryl methyl sites for hydroxylation is 3. The summed E-state index contributed by atoms with van der Waals surface area (Å²) in [4.78, 5) is 6.92. The van der Waals surface area contributed by atoms with Crippen LogP contribution in [0.3, 0.4) is 0 Å². The third kappa shape index (κ3) is 2.41. The highest BCUT2D eigenvalue weighted by Gasteiger charge is 2.13. The fourth-order valence-electron chi connectivity index (χ4n) is 2.05. The van der Waals surface area contributed by atoms with Gasteiger partial charge in [-0.3, -0.25) is 0 Å². The highest BCUT2D eigenvalue weighted by Crippen LogP contribution is 2.32. The third-order valence-electron chi connectivity index (χ3n) is 3.34. The van der Waals surface area contributed by atoms with Crippen molar-refractivity contribution < 1.29 is 0 Å². The van der Waals surface area contributed by atoms with E-state index in [0.717, 1.165) is 27.2 Å². The van der Waals surface area contributed by atoms with Crippen LogP contribution >= 0.6 is 22.7 Å². The van der Waals surface area contributed by atoms with Crippen LogP contribution in [0.1, 0.15) is 21.1 Å². The predicted molar refractivity (Wildman–Crippen MR) is 85.8 cm³/mol. The summed E-state index contributed by atoms with van der Waals surface area (Å²) in [7, 11) is 2.05. The molecule has 0 aliphatic heterocycles. The number of thiazole rings is 1. The number of hydrogen-bond acceptors (Lipinski definition) is 6. The molecule has 1 aromatic carbocycles. The summed E-state index contributed by atoms with van der Waals surface area (Å²) in [6.45, 7) is 6.99. The summed E-state index contributed by atoms with van der Waals surface area (Å²) >= 11 is 3.36.